The van der Waals surface area contributed by atoms with E-state index >= 15 is 0 Å². The topological polar surface area (TPSA) is 117 Å². The van der Waals surface area contributed by atoms with Gasteiger partial charge in [-0.1, -0.05) is 13.3 Å². The Labute approximate surface area is 99.5 Å². The van der Waals surface area contributed by atoms with E-state index in [2.05, 4.69) is 15.5 Å². The van der Waals surface area contributed by atoms with Gasteiger partial charge in [-0.2, -0.15) is 10.2 Å². The maximum absolute atomic E-state index is 11.6. The van der Waals surface area contributed by atoms with Crippen LogP contribution < -0.4 is 11.1 Å². The minimum Gasteiger partial charge on any atom is -0.478 e. The summed E-state index contributed by atoms with van der Waals surface area (Å²) >= 11 is 0. The molecule has 0 aromatic heterocycles. The summed E-state index contributed by atoms with van der Waals surface area (Å²) in [4.78, 5) is 22.7. The van der Waals surface area contributed by atoms with Gasteiger partial charge in [-0.25, -0.2) is 4.79 Å². The number of carboxylic acids is 1. The summed E-state index contributed by atoms with van der Waals surface area (Å²) in [7, 11) is 0. The van der Waals surface area contributed by atoms with Gasteiger partial charge in [0.25, 0.3) is 0 Å². The minimum absolute atomic E-state index is 0.0331. The van der Waals surface area contributed by atoms with Crippen LogP contribution >= 0.6 is 0 Å². The van der Waals surface area contributed by atoms with E-state index in [-0.39, 0.29) is 12.8 Å². The first-order valence-corrected chi connectivity index (χ1v) is 5.59. The predicted molar refractivity (Wildman–Crippen MR) is 60.1 cm³/mol. The number of unbranched alkanes of at least 4 members (excludes halogenated alkanes) is 1. The number of carboxylic acid groups (broad SMARTS) is 1. The summed E-state index contributed by atoms with van der Waals surface area (Å²) in [5.74, 6) is -1.67. The molecule has 1 aliphatic heterocycles. The molecule has 0 fully saturated rings. The van der Waals surface area contributed by atoms with Crippen LogP contribution in [-0.2, 0) is 9.59 Å². The van der Waals surface area contributed by atoms with Crippen molar-refractivity contribution in [3.8, 4) is 0 Å². The molecular weight excluding hydrogens is 224 g/mol. The van der Waals surface area contributed by atoms with Gasteiger partial charge in [0.1, 0.15) is 0 Å². The van der Waals surface area contributed by atoms with Crippen molar-refractivity contribution >= 4 is 11.9 Å². The zero-order valence-corrected chi connectivity index (χ0v) is 10.1. The van der Waals surface area contributed by atoms with Crippen LogP contribution in [0.1, 0.15) is 39.5 Å². The summed E-state index contributed by atoms with van der Waals surface area (Å²) in [6, 6.07) is 0. The van der Waals surface area contributed by atoms with Crippen molar-refractivity contribution in [1.29, 1.82) is 0 Å². The number of nitrogens with one attached hydrogen (secondary N) is 1. The molecule has 0 aromatic rings. The highest BCUT2D eigenvalue weighted by Crippen LogP contribution is 2.30. The molecule has 7 nitrogen and oxygen atoms in total. The highest BCUT2D eigenvalue weighted by Gasteiger charge is 2.40. The molecule has 0 spiro atoms. The number of amides is 1. The molecule has 1 aliphatic rings. The van der Waals surface area contributed by atoms with Gasteiger partial charge in [0.2, 0.25) is 5.91 Å². The lowest BCUT2D eigenvalue weighted by Crippen LogP contribution is -2.61. The van der Waals surface area contributed by atoms with Crippen molar-refractivity contribution in [1.82, 2.24) is 5.32 Å². The molecule has 7 heteroatoms. The molecule has 0 saturated carbocycles. The van der Waals surface area contributed by atoms with Crippen LogP contribution in [-0.4, -0.2) is 28.3 Å². The second-order valence-corrected chi connectivity index (χ2v) is 4.52. The Balaban J connectivity index is 2.53. The van der Waals surface area contributed by atoms with E-state index in [0.717, 1.165) is 6.42 Å². The summed E-state index contributed by atoms with van der Waals surface area (Å²) in [6.45, 7) is 3.62. The fraction of sp³-hybridized carbons (Fsp3) is 0.800. The summed E-state index contributed by atoms with van der Waals surface area (Å²) in [5, 5.41) is 18.8. The molecule has 0 saturated heterocycles. The Morgan fingerprint density at radius 1 is 1.47 bits per heavy atom. The summed E-state index contributed by atoms with van der Waals surface area (Å²) in [5.41, 5.74) is 3.29. The first-order chi connectivity index (χ1) is 7.81. The van der Waals surface area contributed by atoms with Crippen LogP contribution in [0.25, 0.3) is 0 Å². The number of rotatable bonds is 7. The number of nitrogens with zero attached hydrogens (tertiary/aromatic N) is 2. The fourth-order valence-corrected chi connectivity index (χ4v) is 1.43. The van der Waals surface area contributed by atoms with E-state index in [1.54, 1.807) is 6.92 Å². The average molecular weight is 242 g/mol. The number of carbonyl (C=O) groups is 2. The normalized spacial score (nSPS) is 19.5. The Hall–Kier alpha value is -1.50. The Morgan fingerprint density at radius 2 is 2.06 bits per heavy atom. The zero-order chi connectivity index (χ0) is 13.1. The largest absolute Gasteiger partial charge is 0.478 e. The molecule has 17 heavy (non-hydrogen) atoms. The predicted octanol–water partition coefficient (Wildman–Crippen LogP) is 0.604. The van der Waals surface area contributed by atoms with Crippen LogP contribution in [0.2, 0.25) is 0 Å². The molecule has 4 N–H and O–H groups in total. The van der Waals surface area contributed by atoms with Gasteiger partial charge >= 0.3 is 5.97 Å². The lowest BCUT2D eigenvalue weighted by molar-refractivity contribution is -0.148. The number of carbonyl (C=O) groups excluding carboxylic acids is 1. The molecule has 0 aliphatic carbocycles. The first kappa shape index (κ1) is 13.6. The lowest BCUT2D eigenvalue weighted by Gasteiger charge is -2.26. The number of nitrogens with two attached hydrogens (primary N) is 1. The van der Waals surface area contributed by atoms with Crippen molar-refractivity contribution in [2.75, 3.05) is 0 Å². The molecular formula is C10H18N4O3. The van der Waals surface area contributed by atoms with E-state index in [1.807, 2.05) is 6.92 Å². The Kier molecular flexibility index (Phi) is 3.82. The lowest BCUT2D eigenvalue weighted by atomic mass is 10.0. The molecule has 96 valence electrons. The molecule has 1 amide bonds. The molecule has 1 unspecified atom stereocenters. The minimum atomic E-state index is -1.70. The van der Waals surface area contributed by atoms with E-state index < -0.39 is 23.2 Å². The SMILES string of the molecule is CCCCC(N)(NC(=O)CC1(C)N=N1)C(=O)O. The quantitative estimate of drug-likeness (QED) is 0.567. The highest BCUT2D eigenvalue weighted by molar-refractivity contribution is 5.86. The van der Waals surface area contributed by atoms with Crippen molar-refractivity contribution in [3.05, 3.63) is 0 Å². The van der Waals surface area contributed by atoms with Crippen molar-refractivity contribution < 1.29 is 14.7 Å². The molecule has 0 aromatic carbocycles. The third kappa shape index (κ3) is 3.77. The van der Waals surface area contributed by atoms with Gasteiger partial charge in [-0.05, 0) is 19.8 Å². The van der Waals surface area contributed by atoms with E-state index in [9.17, 15) is 9.59 Å². The number of hydrogen-bond acceptors (Lipinski definition) is 5. The van der Waals surface area contributed by atoms with Crippen molar-refractivity contribution in [3.63, 3.8) is 0 Å². The molecule has 1 heterocycles. The number of hydrogen-bond donors (Lipinski definition) is 3. The maximum atomic E-state index is 11.6. The van der Waals surface area contributed by atoms with Gasteiger partial charge in [-0.3, -0.25) is 10.5 Å². The van der Waals surface area contributed by atoms with Crippen LogP contribution in [0.3, 0.4) is 0 Å². The average Bonchev–Trinajstić information content (AvgIpc) is 2.92. The molecule has 1 rings (SSSR count). The van der Waals surface area contributed by atoms with Gasteiger partial charge in [0.15, 0.2) is 11.3 Å². The van der Waals surface area contributed by atoms with Gasteiger partial charge < -0.3 is 10.4 Å². The second kappa shape index (κ2) is 4.79. The van der Waals surface area contributed by atoms with Gasteiger partial charge in [-0.15, -0.1) is 0 Å². The maximum Gasteiger partial charge on any atom is 0.344 e. The Bertz CT molecular complexity index is 349. The van der Waals surface area contributed by atoms with Crippen LogP contribution in [0, 0.1) is 0 Å². The van der Waals surface area contributed by atoms with Crippen molar-refractivity contribution in [2.45, 2.75) is 50.9 Å². The van der Waals surface area contributed by atoms with Crippen molar-refractivity contribution in [2.24, 2.45) is 16.0 Å². The van der Waals surface area contributed by atoms with Gasteiger partial charge in [0, 0.05) is 0 Å². The third-order valence-corrected chi connectivity index (χ3v) is 2.61. The zero-order valence-electron chi connectivity index (χ0n) is 10.1. The summed E-state index contributed by atoms with van der Waals surface area (Å²) in [6.07, 6.45) is 1.68. The van der Waals surface area contributed by atoms with E-state index in [4.69, 9.17) is 10.8 Å². The highest BCUT2D eigenvalue weighted by atomic mass is 16.4. The van der Waals surface area contributed by atoms with E-state index in [0.29, 0.717) is 6.42 Å². The Morgan fingerprint density at radius 3 is 2.47 bits per heavy atom. The fourth-order valence-electron chi connectivity index (χ4n) is 1.43. The third-order valence-electron chi connectivity index (χ3n) is 2.61. The van der Waals surface area contributed by atoms with Gasteiger partial charge in [0.05, 0.1) is 6.42 Å². The molecule has 1 atom stereocenters. The second-order valence-electron chi connectivity index (χ2n) is 4.52. The van der Waals surface area contributed by atoms with Crippen LogP contribution in [0.5, 0.6) is 0 Å². The molecule has 0 bridgehead atoms. The van der Waals surface area contributed by atoms with E-state index in [1.165, 1.54) is 0 Å². The smallest absolute Gasteiger partial charge is 0.344 e. The standard InChI is InChI=1S/C10H18N4O3/c1-3-4-5-10(11,8(16)17)12-7(15)6-9(2)13-14-9/h3-6,11H2,1-2H3,(H,12,15)(H,16,17). The van der Waals surface area contributed by atoms with Crippen LogP contribution in [0.15, 0.2) is 10.2 Å². The number of aliphatic carboxylic acids is 1. The summed E-state index contributed by atoms with van der Waals surface area (Å²) < 4.78 is 0. The monoisotopic (exact) mass is 242 g/mol. The first-order valence-electron chi connectivity index (χ1n) is 5.59. The molecule has 0 radical (unpaired) electrons. The van der Waals surface area contributed by atoms with Crippen LogP contribution in [0.4, 0.5) is 0 Å².